The molecule has 58 heavy (non-hydrogen) atoms. The Morgan fingerprint density at radius 2 is 0.879 bits per heavy atom. The molecule has 334 valence electrons. The van der Waals surface area contributed by atoms with E-state index in [1.54, 1.807) is 6.92 Å². The Balaban J connectivity index is 4.05. The van der Waals surface area contributed by atoms with Gasteiger partial charge in [-0.3, -0.25) is 18.6 Å². The molecule has 0 fully saturated rings. The summed E-state index contributed by atoms with van der Waals surface area (Å²) in [5.74, 6) is -0.821. The molecule has 2 unspecified atom stereocenters. The molecule has 0 saturated carbocycles. The van der Waals surface area contributed by atoms with Crippen LogP contribution in [0.3, 0.4) is 0 Å². The number of phosphoric ester groups is 1. The lowest BCUT2D eigenvalue weighted by molar-refractivity contribution is -0.161. The fraction of sp³-hybridized carbons (Fsp3) is 0.714. The topological polar surface area (TPSA) is 108 Å². The molecular formula is C49H85O8P. The van der Waals surface area contributed by atoms with E-state index in [0.717, 1.165) is 96.3 Å². The summed E-state index contributed by atoms with van der Waals surface area (Å²) in [6, 6.07) is 0. The van der Waals surface area contributed by atoms with Crippen LogP contribution in [0, 0.1) is 0 Å². The van der Waals surface area contributed by atoms with Crippen molar-refractivity contribution in [3.8, 4) is 0 Å². The van der Waals surface area contributed by atoms with Crippen LogP contribution in [0.4, 0.5) is 0 Å². The van der Waals surface area contributed by atoms with Gasteiger partial charge in [-0.05, 0) is 90.4 Å². The summed E-state index contributed by atoms with van der Waals surface area (Å²) in [5.41, 5.74) is 0. The molecule has 0 aliphatic carbocycles. The minimum atomic E-state index is -4.29. The number of carbonyl (C=O) groups is 2. The molecule has 0 rings (SSSR count). The number of esters is 2. The van der Waals surface area contributed by atoms with Gasteiger partial charge in [-0.25, -0.2) is 4.57 Å². The summed E-state index contributed by atoms with van der Waals surface area (Å²) >= 11 is 0. The smallest absolute Gasteiger partial charge is 0.462 e. The molecule has 0 spiro atoms. The average Bonchev–Trinajstić information content (AvgIpc) is 3.20. The molecule has 0 amide bonds. The number of allylic oxidation sites excluding steroid dienone is 12. The molecular weight excluding hydrogens is 748 g/mol. The number of hydrogen-bond acceptors (Lipinski definition) is 7. The minimum absolute atomic E-state index is 0.00593. The molecule has 1 N–H and O–H groups in total. The van der Waals surface area contributed by atoms with Crippen LogP contribution < -0.4 is 0 Å². The highest BCUT2D eigenvalue weighted by Gasteiger charge is 2.25. The highest BCUT2D eigenvalue weighted by molar-refractivity contribution is 7.47. The molecule has 0 bridgehead atoms. The van der Waals surface area contributed by atoms with E-state index in [1.807, 2.05) is 0 Å². The quantitative estimate of drug-likeness (QED) is 0.0280. The van der Waals surface area contributed by atoms with E-state index in [0.29, 0.717) is 6.42 Å². The molecule has 0 aliphatic heterocycles. The summed E-state index contributed by atoms with van der Waals surface area (Å²) in [4.78, 5) is 34.8. The van der Waals surface area contributed by atoms with Crippen molar-refractivity contribution in [1.29, 1.82) is 0 Å². The van der Waals surface area contributed by atoms with Crippen LogP contribution in [0.5, 0.6) is 0 Å². The Bertz CT molecular complexity index is 1170. The van der Waals surface area contributed by atoms with E-state index in [9.17, 15) is 19.0 Å². The lowest BCUT2D eigenvalue weighted by atomic mass is 10.0. The predicted molar refractivity (Wildman–Crippen MR) is 244 cm³/mol. The first-order valence-corrected chi connectivity index (χ1v) is 24.7. The molecule has 0 heterocycles. The van der Waals surface area contributed by atoms with Crippen LogP contribution >= 0.6 is 7.82 Å². The second-order valence-electron chi connectivity index (χ2n) is 15.0. The lowest BCUT2D eigenvalue weighted by Crippen LogP contribution is -2.29. The van der Waals surface area contributed by atoms with Crippen LogP contribution in [0.1, 0.15) is 201 Å². The number of rotatable bonds is 42. The minimum Gasteiger partial charge on any atom is -0.462 e. The van der Waals surface area contributed by atoms with E-state index >= 15 is 0 Å². The van der Waals surface area contributed by atoms with E-state index in [1.165, 1.54) is 64.2 Å². The summed E-state index contributed by atoms with van der Waals surface area (Å²) in [7, 11) is -4.29. The third-order valence-corrected chi connectivity index (χ3v) is 10.6. The van der Waals surface area contributed by atoms with Crippen molar-refractivity contribution in [1.82, 2.24) is 0 Å². The zero-order valence-electron chi connectivity index (χ0n) is 37.2. The number of hydrogen-bond donors (Lipinski definition) is 1. The zero-order chi connectivity index (χ0) is 42.5. The van der Waals surface area contributed by atoms with Gasteiger partial charge in [0.1, 0.15) is 6.61 Å². The monoisotopic (exact) mass is 833 g/mol. The molecule has 9 heteroatoms. The van der Waals surface area contributed by atoms with Crippen molar-refractivity contribution in [2.75, 3.05) is 19.8 Å². The maximum absolute atomic E-state index is 12.6. The first-order chi connectivity index (χ1) is 28.3. The molecule has 0 aliphatic rings. The standard InChI is InChI=1S/C49H85O8P/c1-4-7-9-11-13-15-17-19-21-22-23-24-25-26-27-28-30-32-34-36-38-40-42-44-49(51)57-47(46-56-58(52,53)55-6-3)45-54-48(50)43-41-39-37-35-33-31-29-20-18-16-14-12-10-8-5-2/h7,9,13-16,19-21,23-24,29,47H,4-6,8,10-12,17-18,22,25-28,30-46H2,1-3H3,(H,52,53)/b9-7-,15-13-,16-14-,21-19-,24-23-,29-20-. The Morgan fingerprint density at radius 3 is 1.33 bits per heavy atom. The number of phosphoric acid groups is 1. The van der Waals surface area contributed by atoms with Gasteiger partial charge in [0.05, 0.1) is 13.2 Å². The summed E-state index contributed by atoms with van der Waals surface area (Å²) in [5, 5.41) is 0. The number of carbonyl (C=O) groups excluding carboxylic acids is 2. The molecule has 2 atom stereocenters. The van der Waals surface area contributed by atoms with Crippen LogP contribution in [0.25, 0.3) is 0 Å². The van der Waals surface area contributed by atoms with Crippen molar-refractivity contribution in [3.63, 3.8) is 0 Å². The second-order valence-corrected chi connectivity index (χ2v) is 16.5. The predicted octanol–water partition coefficient (Wildman–Crippen LogP) is 14.9. The maximum Gasteiger partial charge on any atom is 0.472 e. The van der Waals surface area contributed by atoms with Gasteiger partial charge in [-0.1, -0.05) is 170 Å². The fourth-order valence-electron chi connectivity index (χ4n) is 6.12. The molecule has 0 saturated heterocycles. The second kappa shape index (κ2) is 44.1. The van der Waals surface area contributed by atoms with Gasteiger partial charge in [0, 0.05) is 12.8 Å². The number of unbranched alkanes of at least 4 members (excludes halogenated alkanes) is 18. The molecule has 8 nitrogen and oxygen atoms in total. The van der Waals surface area contributed by atoms with Gasteiger partial charge < -0.3 is 14.4 Å². The summed E-state index contributed by atoms with van der Waals surface area (Å²) in [6.07, 6.45) is 55.3. The van der Waals surface area contributed by atoms with Gasteiger partial charge in [0.25, 0.3) is 0 Å². The van der Waals surface area contributed by atoms with E-state index in [2.05, 4.69) is 86.8 Å². The highest BCUT2D eigenvalue weighted by atomic mass is 31.2. The molecule has 0 aromatic carbocycles. The van der Waals surface area contributed by atoms with Crippen molar-refractivity contribution in [2.45, 2.75) is 207 Å². The summed E-state index contributed by atoms with van der Waals surface area (Å²) in [6.45, 7) is 5.32. The van der Waals surface area contributed by atoms with Gasteiger partial charge in [-0.2, -0.15) is 0 Å². The first kappa shape index (κ1) is 55.5. The lowest BCUT2D eigenvalue weighted by Gasteiger charge is -2.19. The zero-order valence-corrected chi connectivity index (χ0v) is 38.1. The first-order valence-electron chi connectivity index (χ1n) is 23.2. The van der Waals surface area contributed by atoms with Crippen molar-refractivity contribution < 1.29 is 37.6 Å². The Hall–Kier alpha value is -2.51. The van der Waals surface area contributed by atoms with Gasteiger partial charge in [-0.15, -0.1) is 0 Å². The Labute approximate surface area is 355 Å². The molecule has 0 aromatic heterocycles. The fourth-order valence-corrected chi connectivity index (χ4v) is 6.88. The molecule has 0 aromatic rings. The van der Waals surface area contributed by atoms with Crippen LogP contribution in [0.2, 0.25) is 0 Å². The van der Waals surface area contributed by atoms with E-state index in [4.69, 9.17) is 18.5 Å². The van der Waals surface area contributed by atoms with Gasteiger partial charge in [0.15, 0.2) is 6.10 Å². The maximum atomic E-state index is 12.6. The SMILES string of the molecule is CC/C=C\C/C=C\C/C=C\C/C=C\CCCCCCCCCCCCC(=O)OC(COC(=O)CCCCCCC/C=C\C/C=C\CCCCC)COP(=O)(O)OCC. The Morgan fingerprint density at radius 1 is 0.483 bits per heavy atom. The third kappa shape index (κ3) is 43.1. The molecule has 0 radical (unpaired) electrons. The Kier molecular flexibility index (Phi) is 42.1. The van der Waals surface area contributed by atoms with Crippen LogP contribution in [-0.2, 0) is 32.7 Å². The van der Waals surface area contributed by atoms with Crippen LogP contribution in [-0.4, -0.2) is 42.8 Å². The highest BCUT2D eigenvalue weighted by Crippen LogP contribution is 2.43. The third-order valence-electron chi connectivity index (χ3n) is 9.50. The van der Waals surface area contributed by atoms with E-state index in [-0.39, 0.29) is 32.0 Å². The largest absolute Gasteiger partial charge is 0.472 e. The van der Waals surface area contributed by atoms with Gasteiger partial charge >= 0.3 is 19.8 Å². The van der Waals surface area contributed by atoms with Crippen molar-refractivity contribution in [3.05, 3.63) is 72.9 Å². The van der Waals surface area contributed by atoms with Gasteiger partial charge in [0.2, 0.25) is 0 Å². The van der Waals surface area contributed by atoms with Crippen LogP contribution in [0.15, 0.2) is 72.9 Å². The summed E-state index contributed by atoms with van der Waals surface area (Å²) < 4.78 is 32.7. The van der Waals surface area contributed by atoms with Crippen molar-refractivity contribution >= 4 is 19.8 Å². The van der Waals surface area contributed by atoms with Crippen molar-refractivity contribution in [2.24, 2.45) is 0 Å². The number of ether oxygens (including phenoxy) is 2. The average molecular weight is 833 g/mol. The van der Waals surface area contributed by atoms with E-state index < -0.39 is 26.5 Å². The normalized spacial score (nSPS) is 13.9.